The fraction of sp³-hybridized carbons (Fsp3) is 1.00. The number of nitrogens with two attached hydrogens (primary N) is 1. The molecule has 2 heteroatoms. The number of nitrogens with zero attached hydrogens (tertiary/aromatic N) is 1. The van der Waals surface area contributed by atoms with Crippen LogP contribution in [-0.4, -0.2) is 30.6 Å². The zero-order valence-corrected chi connectivity index (χ0v) is 12.5. The molecule has 108 valence electrons. The van der Waals surface area contributed by atoms with Crippen molar-refractivity contribution in [2.45, 2.75) is 83.6 Å². The molecule has 2 nitrogen and oxygen atoms in total. The lowest BCUT2D eigenvalue weighted by Crippen LogP contribution is -2.27. The Morgan fingerprint density at radius 1 is 0.889 bits per heavy atom. The highest BCUT2D eigenvalue weighted by Crippen LogP contribution is 2.12. The summed E-state index contributed by atoms with van der Waals surface area (Å²) in [5, 5.41) is 0. The van der Waals surface area contributed by atoms with Gasteiger partial charge in [-0.3, -0.25) is 0 Å². The average Bonchev–Trinajstić information content (AvgIpc) is 2.77. The van der Waals surface area contributed by atoms with Gasteiger partial charge in [0.25, 0.3) is 0 Å². The number of unbranched alkanes of at least 4 members (excludes halogenated alkanes) is 9. The van der Waals surface area contributed by atoms with Crippen LogP contribution in [0, 0.1) is 0 Å². The first-order valence-electron chi connectivity index (χ1n) is 8.31. The second-order valence-corrected chi connectivity index (χ2v) is 6.03. The van der Waals surface area contributed by atoms with Crippen molar-refractivity contribution in [3.05, 3.63) is 0 Å². The molecule has 1 rings (SSSR count). The van der Waals surface area contributed by atoms with E-state index >= 15 is 0 Å². The normalized spacial score (nSPS) is 20.7. The van der Waals surface area contributed by atoms with Gasteiger partial charge < -0.3 is 10.6 Å². The van der Waals surface area contributed by atoms with Crippen molar-refractivity contribution in [1.82, 2.24) is 4.90 Å². The molecule has 1 heterocycles. The monoisotopic (exact) mass is 254 g/mol. The minimum Gasteiger partial charge on any atom is -0.326 e. The fourth-order valence-electron chi connectivity index (χ4n) is 2.89. The Balaban J connectivity index is 1.73. The van der Waals surface area contributed by atoms with Crippen molar-refractivity contribution in [2.75, 3.05) is 19.6 Å². The number of hydrogen-bond acceptors (Lipinski definition) is 2. The summed E-state index contributed by atoms with van der Waals surface area (Å²) in [5.74, 6) is 0. The Morgan fingerprint density at radius 3 is 1.94 bits per heavy atom. The van der Waals surface area contributed by atoms with Crippen molar-refractivity contribution in [3.63, 3.8) is 0 Å². The lowest BCUT2D eigenvalue weighted by molar-refractivity contribution is 0.323. The van der Waals surface area contributed by atoms with Crippen LogP contribution in [0.5, 0.6) is 0 Å². The molecule has 0 aromatic rings. The number of hydrogen-bond donors (Lipinski definition) is 1. The van der Waals surface area contributed by atoms with E-state index < -0.39 is 0 Å². The molecule has 0 saturated carbocycles. The summed E-state index contributed by atoms with van der Waals surface area (Å²) in [4.78, 5) is 2.54. The third-order valence-corrected chi connectivity index (χ3v) is 4.14. The Morgan fingerprint density at radius 2 is 1.44 bits per heavy atom. The molecule has 0 aliphatic carbocycles. The highest BCUT2D eigenvalue weighted by atomic mass is 15.2. The summed E-state index contributed by atoms with van der Waals surface area (Å²) in [7, 11) is 0. The molecular weight excluding hydrogens is 220 g/mol. The summed E-state index contributed by atoms with van der Waals surface area (Å²) >= 11 is 0. The maximum atomic E-state index is 5.90. The Bertz CT molecular complexity index is 182. The molecule has 0 radical (unpaired) electrons. The molecule has 18 heavy (non-hydrogen) atoms. The van der Waals surface area contributed by atoms with E-state index in [9.17, 15) is 0 Å². The molecule has 0 aromatic carbocycles. The summed E-state index contributed by atoms with van der Waals surface area (Å²) in [6, 6.07) is 0.452. The van der Waals surface area contributed by atoms with Crippen molar-refractivity contribution < 1.29 is 0 Å². The highest BCUT2D eigenvalue weighted by Gasteiger charge is 2.17. The standard InChI is InChI=1S/C16H34N2/c1-2-3-4-5-6-7-8-9-10-11-13-18-14-12-16(17)15-18/h16H,2-15,17H2,1H3/t16-/m1/s1. The van der Waals surface area contributed by atoms with Crippen LogP contribution in [0.1, 0.15) is 77.6 Å². The van der Waals surface area contributed by atoms with Crippen LogP contribution in [0.4, 0.5) is 0 Å². The van der Waals surface area contributed by atoms with Gasteiger partial charge in [-0.05, 0) is 25.9 Å². The Hall–Kier alpha value is -0.0800. The van der Waals surface area contributed by atoms with Crippen molar-refractivity contribution >= 4 is 0 Å². The topological polar surface area (TPSA) is 29.3 Å². The Labute approximate surface area is 114 Å². The number of likely N-dealkylation sites (tertiary alicyclic amines) is 1. The summed E-state index contributed by atoms with van der Waals surface area (Å²) < 4.78 is 0. The lowest BCUT2D eigenvalue weighted by atomic mass is 10.1. The first kappa shape index (κ1) is 16.0. The molecule has 1 aliphatic rings. The lowest BCUT2D eigenvalue weighted by Gasteiger charge is -2.14. The fourth-order valence-corrected chi connectivity index (χ4v) is 2.89. The third-order valence-electron chi connectivity index (χ3n) is 4.14. The summed E-state index contributed by atoms with van der Waals surface area (Å²) in [6.07, 6.45) is 15.5. The summed E-state index contributed by atoms with van der Waals surface area (Å²) in [5.41, 5.74) is 5.90. The van der Waals surface area contributed by atoms with E-state index in [2.05, 4.69) is 11.8 Å². The van der Waals surface area contributed by atoms with E-state index in [-0.39, 0.29) is 0 Å². The smallest absolute Gasteiger partial charge is 0.0180 e. The van der Waals surface area contributed by atoms with Crippen LogP contribution in [0.25, 0.3) is 0 Å². The van der Waals surface area contributed by atoms with Crippen LogP contribution in [0.2, 0.25) is 0 Å². The van der Waals surface area contributed by atoms with Gasteiger partial charge in [0.15, 0.2) is 0 Å². The zero-order valence-electron chi connectivity index (χ0n) is 12.5. The van der Waals surface area contributed by atoms with Gasteiger partial charge in [-0.25, -0.2) is 0 Å². The molecule has 0 unspecified atom stereocenters. The van der Waals surface area contributed by atoms with Gasteiger partial charge in [-0.2, -0.15) is 0 Å². The van der Waals surface area contributed by atoms with E-state index in [0.29, 0.717) is 6.04 Å². The first-order chi connectivity index (χ1) is 8.83. The van der Waals surface area contributed by atoms with Gasteiger partial charge in [0.2, 0.25) is 0 Å². The van der Waals surface area contributed by atoms with Gasteiger partial charge in [-0.1, -0.05) is 64.7 Å². The van der Waals surface area contributed by atoms with E-state index in [1.165, 1.54) is 83.7 Å². The van der Waals surface area contributed by atoms with E-state index in [1.807, 2.05) is 0 Å². The molecule has 2 N–H and O–H groups in total. The predicted octanol–water partition coefficient (Wildman–Crippen LogP) is 3.94. The second kappa shape index (κ2) is 10.8. The zero-order chi connectivity index (χ0) is 13.1. The SMILES string of the molecule is CCCCCCCCCCCCN1CC[C@@H](N)C1. The predicted molar refractivity (Wildman–Crippen MR) is 80.9 cm³/mol. The molecule has 1 atom stereocenters. The Kier molecular flexibility index (Phi) is 9.59. The molecule has 0 bridgehead atoms. The van der Waals surface area contributed by atoms with Gasteiger partial charge in [-0.15, -0.1) is 0 Å². The highest BCUT2D eigenvalue weighted by molar-refractivity contribution is 4.77. The van der Waals surface area contributed by atoms with Gasteiger partial charge in [0.1, 0.15) is 0 Å². The van der Waals surface area contributed by atoms with Gasteiger partial charge in [0, 0.05) is 12.6 Å². The van der Waals surface area contributed by atoms with Crippen molar-refractivity contribution in [2.24, 2.45) is 5.73 Å². The van der Waals surface area contributed by atoms with E-state index in [4.69, 9.17) is 5.73 Å². The average molecular weight is 254 g/mol. The van der Waals surface area contributed by atoms with Crippen LogP contribution in [0.3, 0.4) is 0 Å². The maximum Gasteiger partial charge on any atom is 0.0180 e. The molecule has 1 saturated heterocycles. The molecule has 1 fully saturated rings. The second-order valence-electron chi connectivity index (χ2n) is 6.03. The third kappa shape index (κ3) is 8.10. The van der Waals surface area contributed by atoms with E-state index in [0.717, 1.165) is 6.54 Å². The quantitative estimate of drug-likeness (QED) is 0.566. The summed E-state index contributed by atoms with van der Waals surface area (Å²) in [6.45, 7) is 5.94. The van der Waals surface area contributed by atoms with Gasteiger partial charge >= 0.3 is 0 Å². The first-order valence-corrected chi connectivity index (χ1v) is 8.31. The molecule has 0 amide bonds. The van der Waals surface area contributed by atoms with Crippen LogP contribution in [-0.2, 0) is 0 Å². The number of rotatable bonds is 11. The van der Waals surface area contributed by atoms with Crippen LogP contribution in [0.15, 0.2) is 0 Å². The minimum absolute atomic E-state index is 0.452. The molecule has 0 aromatic heterocycles. The largest absolute Gasteiger partial charge is 0.326 e. The van der Waals surface area contributed by atoms with Crippen molar-refractivity contribution in [1.29, 1.82) is 0 Å². The molecule has 0 spiro atoms. The van der Waals surface area contributed by atoms with Crippen LogP contribution >= 0.6 is 0 Å². The minimum atomic E-state index is 0.452. The van der Waals surface area contributed by atoms with Gasteiger partial charge in [0.05, 0.1) is 0 Å². The maximum absolute atomic E-state index is 5.90. The van der Waals surface area contributed by atoms with Crippen molar-refractivity contribution in [3.8, 4) is 0 Å². The van der Waals surface area contributed by atoms with E-state index in [1.54, 1.807) is 0 Å². The molecular formula is C16H34N2. The van der Waals surface area contributed by atoms with Crippen LogP contribution < -0.4 is 5.73 Å². The molecule has 1 aliphatic heterocycles.